The van der Waals surface area contributed by atoms with Crippen LogP contribution in [0.25, 0.3) is 0 Å². The lowest BCUT2D eigenvalue weighted by molar-refractivity contribution is 0.183. The minimum Gasteiger partial charge on any atom is -0.298 e. The van der Waals surface area contributed by atoms with Crippen molar-refractivity contribution in [2.75, 3.05) is 13.6 Å². The second-order valence-corrected chi connectivity index (χ2v) is 4.20. The fourth-order valence-electron chi connectivity index (χ4n) is 2.27. The average Bonchev–Trinajstić information content (AvgIpc) is 2.20. The number of aryl methyl sites for hydroxylation is 1. The molecule has 0 aromatic carbocycles. The van der Waals surface area contributed by atoms with Gasteiger partial charge in [0.2, 0.25) is 0 Å². The molecule has 2 heterocycles. The number of hydrogen-bond donors (Lipinski definition) is 0. The Morgan fingerprint density at radius 3 is 3.00 bits per heavy atom. The van der Waals surface area contributed by atoms with Crippen molar-refractivity contribution in [3.8, 4) is 0 Å². The van der Waals surface area contributed by atoms with Crippen LogP contribution in [-0.4, -0.2) is 23.5 Å². The van der Waals surface area contributed by atoms with E-state index in [1.807, 2.05) is 12.3 Å². The molecule has 0 amide bonds. The summed E-state index contributed by atoms with van der Waals surface area (Å²) in [5.74, 6) is 0. The first-order valence-electron chi connectivity index (χ1n) is 5.41. The van der Waals surface area contributed by atoms with Crippen LogP contribution in [0.2, 0.25) is 0 Å². The summed E-state index contributed by atoms with van der Waals surface area (Å²) in [6, 6.07) is 4.72. The third-order valence-corrected chi connectivity index (χ3v) is 3.14. The minimum absolute atomic E-state index is 0.546. The lowest BCUT2D eigenvalue weighted by Crippen LogP contribution is -2.30. The van der Waals surface area contributed by atoms with Crippen LogP contribution in [0, 0.1) is 6.92 Å². The van der Waals surface area contributed by atoms with Gasteiger partial charge in [0, 0.05) is 6.20 Å². The van der Waals surface area contributed by atoms with Crippen LogP contribution in [0.5, 0.6) is 0 Å². The lowest BCUT2D eigenvalue weighted by Gasteiger charge is -2.32. The van der Waals surface area contributed by atoms with Crippen molar-refractivity contribution < 1.29 is 0 Å². The van der Waals surface area contributed by atoms with Crippen molar-refractivity contribution >= 4 is 0 Å². The third kappa shape index (κ3) is 1.80. The molecule has 2 rings (SSSR count). The highest BCUT2D eigenvalue weighted by molar-refractivity contribution is 5.21. The summed E-state index contributed by atoms with van der Waals surface area (Å²) in [5, 5.41) is 0. The highest BCUT2D eigenvalue weighted by Gasteiger charge is 2.22. The van der Waals surface area contributed by atoms with Crippen molar-refractivity contribution in [1.29, 1.82) is 0 Å². The van der Waals surface area contributed by atoms with E-state index in [4.69, 9.17) is 0 Å². The van der Waals surface area contributed by atoms with E-state index in [2.05, 4.69) is 29.9 Å². The maximum Gasteiger partial charge on any atom is 0.0604 e. The molecular weight excluding hydrogens is 172 g/mol. The van der Waals surface area contributed by atoms with Crippen LogP contribution in [-0.2, 0) is 0 Å². The maximum atomic E-state index is 4.51. The molecule has 1 aliphatic rings. The zero-order chi connectivity index (χ0) is 9.97. The minimum atomic E-state index is 0.546. The fourth-order valence-corrected chi connectivity index (χ4v) is 2.27. The molecule has 1 fully saturated rings. The monoisotopic (exact) mass is 190 g/mol. The standard InChI is InChI=1S/C12H18N2/c1-10-6-5-8-13-12(10)11-7-3-4-9-14(11)2/h5-6,8,11H,3-4,7,9H2,1-2H3/t11-/m0/s1. The van der Waals surface area contributed by atoms with Crippen molar-refractivity contribution in [2.45, 2.75) is 32.2 Å². The van der Waals surface area contributed by atoms with Crippen molar-refractivity contribution in [2.24, 2.45) is 0 Å². The van der Waals surface area contributed by atoms with E-state index in [9.17, 15) is 0 Å². The molecule has 1 atom stereocenters. The predicted octanol–water partition coefficient (Wildman–Crippen LogP) is 2.55. The molecule has 1 saturated heterocycles. The van der Waals surface area contributed by atoms with Gasteiger partial charge in [-0.3, -0.25) is 9.88 Å². The smallest absolute Gasteiger partial charge is 0.0604 e. The van der Waals surface area contributed by atoms with E-state index in [1.165, 1.54) is 37.1 Å². The van der Waals surface area contributed by atoms with Crippen molar-refractivity contribution in [3.05, 3.63) is 29.6 Å². The van der Waals surface area contributed by atoms with E-state index in [1.54, 1.807) is 0 Å². The van der Waals surface area contributed by atoms with E-state index in [0.29, 0.717) is 6.04 Å². The molecule has 2 nitrogen and oxygen atoms in total. The summed E-state index contributed by atoms with van der Waals surface area (Å²) >= 11 is 0. The molecule has 0 radical (unpaired) electrons. The van der Waals surface area contributed by atoms with Crippen LogP contribution >= 0.6 is 0 Å². The molecule has 1 aromatic heterocycles. The normalized spacial score (nSPS) is 23.7. The molecule has 0 aliphatic carbocycles. The SMILES string of the molecule is Cc1cccnc1[C@@H]1CCCCN1C. The second-order valence-electron chi connectivity index (χ2n) is 4.20. The summed E-state index contributed by atoms with van der Waals surface area (Å²) in [7, 11) is 2.21. The van der Waals surface area contributed by atoms with Crippen molar-refractivity contribution in [3.63, 3.8) is 0 Å². The molecule has 76 valence electrons. The summed E-state index contributed by atoms with van der Waals surface area (Å²) < 4.78 is 0. The van der Waals surface area contributed by atoms with Gasteiger partial charge in [-0.15, -0.1) is 0 Å². The Kier molecular flexibility index (Phi) is 2.82. The summed E-state index contributed by atoms with van der Waals surface area (Å²) in [5.41, 5.74) is 2.60. The van der Waals surface area contributed by atoms with E-state index < -0.39 is 0 Å². The topological polar surface area (TPSA) is 16.1 Å². The maximum absolute atomic E-state index is 4.51. The molecule has 0 unspecified atom stereocenters. The largest absolute Gasteiger partial charge is 0.298 e. The average molecular weight is 190 g/mol. The van der Waals surface area contributed by atoms with Gasteiger partial charge in [-0.05, 0) is 45.0 Å². The molecule has 0 bridgehead atoms. The Balaban J connectivity index is 2.25. The Bertz CT molecular complexity index is 309. The number of likely N-dealkylation sites (tertiary alicyclic amines) is 1. The highest BCUT2D eigenvalue weighted by atomic mass is 15.1. The Labute approximate surface area is 86.0 Å². The molecule has 0 saturated carbocycles. The number of hydrogen-bond acceptors (Lipinski definition) is 2. The molecule has 0 N–H and O–H groups in total. The molecular formula is C12H18N2. The first-order chi connectivity index (χ1) is 6.79. The van der Waals surface area contributed by atoms with E-state index in [-0.39, 0.29) is 0 Å². The lowest BCUT2D eigenvalue weighted by atomic mass is 9.97. The summed E-state index contributed by atoms with van der Waals surface area (Å²) in [6.45, 7) is 3.37. The van der Waals surface area contributed by atoms with Crippen LogP contribution in [0.1, 0.15) is 36.6 Å². The second kappa shape index (κ2) is 4.09. The van der Waals surface area contributed by atoms with Crippen LogP contribution < -0.4 is 0 Å². The van der Waals surface area contributed by atoms with Gasteiger partial charge in [0.05, 0.1) is 11.7 Å². The van der Waals surface area contributed by atoms with Gasteiger partial charge in [0.1, 0.15) is 0 Å². The molecule has 14 heavy (non-hydrogen) atoms. The fraction of sp³-hybridized carbons (Fsp3) is 0.583. The Morgan fingerprint density at radius 1 is 1.43 bits per heavy atom. The van der Waals surface area contributed by atoms with Crippen LogP contribution in [0.3, 0.4) is 0 Å². The predicted molar refractivity (Wildman–Crippen MR) is 58.2 cm³/mol. The van der Waals surface area contributed by atoms with Gasteiger partial charge in [0.15, 0.2) is 0 Å². The first-order valence-corrected chi connectivity index (χ1v) is 5.41. The van der Waals surface area contributed by atoms with Gasteiger partial charge in [-0.1, -0.05) is 12.5 Å². The van der Waals surface area contributed by atoms with Gasteiger partial charge in [-0.25, -0.2) is 0 Å². The summed E-state index contributed by atoms with van der Waals surface area (Å²) in [4.78, 5) is 6.94. The van der Waals surface area contributed by atoms with Crippen LogP contribution in [0.4, 0.5) is 0 Å². The first kappa shape index (κ1) is 9.66. The number of nitrogens with zero attached hydrogens (tertiary/aromatic N) is 2. The van der Waals surface area contributed by atoms with Gasteiger partial charge >= 0.3 is 0 Å². The van der Waals surface area contributed by atoms with Gasteiger partial charge in [-0.2, -0.15) is 0 Å². The number of pyridine rings is 1. The molecule has 1 aromatic rings. The Hall–Kier alpha value is -0.890. The highest BCUT2D eigenvalue weighted by Crippen LogP contribution is 2.29. The zero-order valence-corrected chi connectivity index (χ0v) is 9.03. The number of rotatable bonds is 1. The van der Waals surface area contributed by atoms with Crippen LogP contribution in [0.15, 0.2) is 18.3 Å². The van der Waals surface area contributed by atoms with Gasteiger partial charge < -0.3 is 0 Å². The van der Waals surface area contributed by atoms with Gasteiger partial charge in [0.25, 0.3) is 0 Å². The van der Waals surface area contributed by atoms with E-state index >= 15 is 0 Å². The van der Waals surface area contributed by atoms with Crippen molar-refractivity contribution in [1.82, 2.24) is 9.88 Å². The number of aromatic nitrogens is 1. The molecule has 1 aliphatic heterocycles. The number of piperidine rings is 1. The molecule has 0 spiro atoms. The summed E-state index contributed by atoms with van der Waals surface area (Å²) in [6.07, 6.45) is 5.84. The Morgan fingerprint density at radius 2 is 2.29 bits per heavy atom. The molecule has 2 heteroatoms. The quantitative estimate of drug-likeness (QED) is 0.676. The zero-order valence-electron chi connectivity index (χ0n) is 9.03. The van der Waals surface area contributed by atoms with E-state index in [0.717, 1.165) is 0 Å². The third-order valence-electron chi connectivity index (χ3n) is 3.14.